The Balaban J connectivity index is 0.000000196. The van der Waals surface area contributed by atoms with E-state index in [0.29, 0.717) is 5.02 Å². The molecule has 4 nitrogen and oxygen atoms in total. The number of halogens is 1. The topological polar surface area (TPSA) is 52.1 Å². The second kappa shape index (κ2) is 14.9. The van der Waals surface area contributed by atoms with Gasteiger partial charge in [0.25, 0.3) is 0 Å². The summed E-state index contributed by atoms with van der Waals surface area (Å²) in [6.07, 6.45) is 1.91. The first kappa shape index (κ1) is 37.3. The van der Waals surface area contributed by atoms with Crippen molar-refractivity contribution in [2.75, 3.05) is 0 Å². The standard InChI is InChI=1S/C44H26N2O.C16H9ClO/c1-2-11-30-25-41-39(24-29(30)10-1)38-21-9-20-33(44(38)47-41)31-14-7-12-27(22-31)28-13-8-15-32(23-28)40-26-45-42-36-18-5-3-16-34(36)35-17-4-6-19-37(35)43(42)46-40;17-14-7-3-6-12-13-8-10-4-1-2-5-11(10)9-15(13)18-16(12)14/h1-26H;1-9H. The van der Waals surface area contributed by atoms with E-state index >= 15 is 0 Å². The SMILES string of the molecule is Clc1cccc2c1oc1cc3ccccc3cc12.c1cc(-c2cccc(-c3cccc4c3oc3cc5ccccc5cc34)c2)cc(-c2cnc3c4ccccc4c4ccccc4c3n2)c1. The van der Waals surface area contributed by atoms with Gasteiger partial charge in [-0.15, -0.1) is 0 Å². The van der Waals surface area contributed by atoms with E-state index in [1.807, 2.05) is 36.5 Å². The second-order valence-corrected chi connectivity index (χ2v) is 17.0. The lowest BCUT2D eigenvalue weighted by Gasteiger charge is -2.11. The van der Waals surface area contributed by atoms with Crippen molar-refractivity contribution in [1.29, 1.82) is 0 Å². The Bertz CT molecular complexity index is 4190. The zero-order chi connectivity index (χ0) is 43.0. The molecule has 65 heavy (non-hydrogen) atoms. The smallest absolute Gasteiger partial charge is 0.153 e. The van der Waals surface area contributed by atoms with Gasteiger partial charge in [0, 0.05) is 43.4 Å². The molecule has 0 atom stereocenters. The molecule has 3 heterocycles. The van der Waals surface area contributed by atoms with E-state index in [-0.39, 0.29) is 0 Å². The molecular weight excluding hydrogens is 816 g/mol. The van der Waals surface area contributed by atoms with Crippen molar-refractivity contribution in [2.45, 2.75) is 0 Å². The summed E-state index contributed by atoms with van der Waals surface area (Å²) in [5.74, 6) is 0. The molecular formula is C60H35ClN2O2. The number of hydrogen-bond acceptors (Lipinski definition) is 4. The van der Waals surface area contributed by atoms with Crippen molar-refractivity contribution in [2.24, 2.45) is 0 Å². The Morgan fingerprint density at radius 3 is 1.45 bits per heavy atom. The molecule has 0 N–H and O–H groups in total. The fourth-order valence-electron chi connectivity index (χ4n) is 9.65. The van der Waals surface area contributed by atoms with E-state index in [1.54, 1.807) is 0 Å². The van der Waals surface area contributed by atoms with Crippen LogP contribution in [-0.2, 0) is 0 Å². The summed E-state index contributed by atoms with van der Waals surface area (Å²) < 4.78 is 12.4. The molecule has 14 aromatic rings. The summed E-state index contributed by atoms with van der Waals surface area (Å²) in [4.78, 5) is 10.2. The zero-order valence-electron chi connectivity index (χ0n) is 34.8. The number of rotatable bonds is 3. The maximum atomic E-state index is 6.55. The van der Waals surface area contributed by atoms with Crippen LogP contribution in [0.1, 0.15) is 0 Å². The van der Waals surface area contributed by atoms with Gasteiger partial charge in [-0.3, -0.25) is 4.98 Å². The highest BCUT2D eigenvalue weighted by Crippen LogP contribution is 2.40. The lowest BCUT2D eigenvalue weighted by Crippen LogP contribution is -1.92. The van der Waals surface area contributed by atoms with E-state index in [2.05, 4.69) is 176 Å². The number of para-hydroxylation sites is 2. The number of fused-ring (bicyclic) bond motifs is 14. The first-order chi connectivity index (χ1) is 32.1. The maximum absolute atomic E-state index is 6.55. The summed E-state index contributed by atoms with van der Waals surface area (Å²) in [7, 11) is 0. The Labute approximate surface area is 377 Å². The number of aromatic nitrogens is 2. The van der Waals surface area contributed by atoms with Crippen LogP contribution in [0.5, 0.6) is 0 Å². The molecule has 0 radical (unpaired) electrons. The van der Waals surface area contributed by atoms with E-state index in [4.69, 9.17) is 30.4 Å². The van der Waals surface area contributed by atoms with E-state index in [1.165, 1.54) is 32.3 Å². The summed E-state index contributed by atoms with van der Waals surface area (Å²) in [6.45, 7) is 0. The normalized spacial score (nSPS) is 11.8. The van der Waals surface area contributed by atoms with Crippen molar-refractivity contribution < 1.29 is 8.83 Å². The van der Waals surface area contributed by atoms with E-state index in [9.17, 15) is 0 Å². The monoisotopic (exact) mass is 850 g/mol. The molecule has 0 spiro atoms. The van der Waals surface area contributed by atoms with Crippen molar-refractivity contribution in [1.82, 2.24) is 9.97 Å². The van der Waals surface area contributed by atoms with E-state index in [0.717, 1.165) is 99.2 Å². The quantitative estimate of drug-likeness (QED) is 0.166. The Morgan fingerprint density at radius 1 is 0.338 bits per heavy atom. The maximum Gasteiger partial charge on any atom is 0.153 e. The average molecular weight is 851 g/mol. The van der Waals surface area contributed by atoms with Crippen LogP contribution in [-0.4, -0.2) is 9.97 Å². The molecule has 14 rings (SSSR count). The van der Waals surface area contributed by atoms with Gasteiger partial charge in [-0.05, 0) is 91.5 Å². The van der Waals surface area contributed by atoms with Gasteiger partial charge < -0.3 is 8.83 Å². The van der Waals surface area contributed by atoms with Crippen LogP contribution in [0.15, 0.2) is 221 Å². The molecule has 304 valence electrons. The molecule has 0 saturated carbocycles. The summed E-state index contributed by atoms with van der Waals surface area (Å²) >= 11 is 6.17. The predicted molar refractivity (Wildman–Crippen MR) is 272 cm³/mol. The van der Waals surface area contributed by atoms with Gasteiger partial charge >= 0.3 is 0 Å². The fraction of sp³-hybridized carbons (Fsp3) is 0. The first-order valence-corrected chi connectivity index (χ1v) is 22.1. The minimum absolute atomic E-state index is 0.660. The fourth-order valence-corrected chi connectivity index (χ4v) is 9.86. The molecule has 11 aromatic carbocycles. The Kier molecular flexibility index (Phi) is 8.55. The van der Waals surface area contributed by atoms with Crippen molar-refractivity contribution in [3.63, 3.8) is 0 Å². The third-order valence-electron chi connectivity index (χ3n) is 12.8. The van der Waals surface area contributed by atoms with Gasteiger partial charge in [0.1, 0.15) is 16.7 Å². The summed E-state index contributed by atoms with van der Waals surface area (Å²) in [6, 6.07) is 71.9. The minimum atomic E-state index is 0.660. The van der Waals surface area contributed by atoms with Crippen LogP contribution in [0.25, 0.3) is 132 Å². The molecule has 0 amide bonds. The summed E-state index contributed by atoms with van der Waals surface area (Å²) in [5, 5.41) is 14.5. The highest BCUT2D eigenvalue weighted by molar-refractivity contribution is 6.36. The molecule has 0 bridgehead atoms. The first-order valence-electron chi connectivity index (χ1n) is 21.7. The van der Waals surface area contributed by atoms with Crippen LogP contribution in [0.2, 0.25) is 5.02 Å². The van der Waals surface area contributed by atoms with Gasteiger partial charge in [-0.1, -0.05) is 175 Å². The van der Waals surface area contributed by atoms with Crippen LogP contribution in [0.4, 0.5) is 0 Å². The highest BCUT2D eigenvalue weighted by atomic mass is 35.5. The van der Waals surface area contributed by atoms with Crippen LogP contribution in [0, 0.1) is 0 Å². The van der Waals surface area contributed by atoms with Crippen LogP contribution < -0.4 is 0 Å². The molecule has 0 aliphatic rings. The van der Waals surface area contributed by atoms with Crippen molar-refractivity contribution in [3.05, 3.63) is 217 Å². The van der Waals surface area contributed by atoms with Crippen molar-refractivity contribution in [3.8, 4) is 33.5 Å². The third kappa shape index (κ3) is 6.22. The lowest BCUT2D eigenvalue weighted by atomic mass is 9.96. The Hall–Kier alpha value is -8.31. The number of benzene rings is 11. The van der Waals surface area contributed by atoms with Gasteiger partial charge in [0.2, 0.25) is 0 Å². The molecule has 0 aliphatic heterocycles. The number of nitrogens with zero attached hydrogens (tertiary/aromatic N) is 2. The largest absolute Gasteiger partial charge is 0.455 e. The lowest BCUT2D eigenvalue weighted by molar-refractivity contribution is 0.669. The third-order valence-corrected chi connectivity index (χ3v) is 13.1. The van der Waals surface area contributed by atoms with Crippen molar-refractivity contribution >= 4 is 110 Å². The van der Waals surface area contributed by atoms with Crippen LogP contribution in [0.3, 0.4) is 0 Å². The molecule has 0 saturated heterocycles. The highest BCUT2D eigenvalue weighted by Gasteiger charge is 2.16. The van der Waals surface area contributed by atoms with Gasteiger partial charge in [0.15, 0.2) is 5.58 Å². The number of furan rings is 2. The number of hydrogen-bond donors (Lipinski definition) is 0. The summed E-state index contributed by atoms with van der Waals surface area (Å²) in [5.41, 5.74) is 11.7. The molecule has 3 aromatic heterocycles. The minimum Gasteiger partial charge on any atom is -0.455 e. The van der Waals surface area contributed by atoms with Crippen LogP contribution >= 0.6 is 11.6 Å². The predicted octanol–water partition coefficient (Wildman–Crippen LogP) is 17.4. The molecule has 0 unspecified atom stereocenters. The van der Waals surface area contributed by atoms with Gasteiger partial charge in [-0.25, -0.2) is 4.98 Å². The second-order valence-electron chi connectivity index (χ2n) is 16.6. The zero-order valence-corrected chi connectivity index (χ0v) is 35.6. The van der Waals surface area contributed by atoms with E-state index < -0.39 is 0 Å². The Morgan fingerprint density at radius 2 is 0.800 bits per heavy atom. The molecule has 0 aliphatic carbocycles. The molecule has 0 fully saturated rings. The molecule has 5 heteroatoms. The van der Waals surface area contributed by atoms with Gasteiger partial charge in [-0.2, -0.15) is 0 Å². The average Bonchev–Trinajstić information content (AvgIpc) is 3.93. The van der Waals surface area contributed by atoms with Gasteiger partial charge in [0.05, 0.1) is 27.9 Å².